The molecule has 0 unspecified atom stereocenters. The van der Waals surface area contributed by atoms with Crippen molar-refractivity contribution in [2.75, 3.05) is 12.4 Å². The lowest BCUT2D eigenvalue weighted by molar-refractivity contribution is -0.145. The van der Waals surface area contributed by atoms with Crippen molar-refractivity contribution in [3.63, 3.8) is 0 Å². The molecule has 1 aromatic rings. The standard InChI is InChI=1S/C19H26N2O4/c1-19(12-16(22)23,14-8-4-3-5-9-14)18(25)21-15-10-6-7-13(11-15)17(24)20-2/h6-7,10-11,14H,3-5,8-9,12H2,1-2H3,(H,20,24)(H,21,25)(H,22,23)/t19-/m1/s1. The molecule has 1 aliphatic carbocycles. The zero-order valence-electron chi connectivity index (χ0n) is 14.8. The third-order valence-corrected chi connectivity index (χ3v) is 5.15. The molecule has 1 fully saturated rings. The fourth-order valence-corrected chi connectivity index (χ4v) is 3.62. The van der Waals surface area contributed by atoms with Crippen LogP contribution in [-0.4, -0.2) is 29.9 Å². The summed E-state index contributed by atoms with van der Waals surface area (Å²) in [6.45, 7) is 1.75. The number of carboxylic acid groups (broad SMARTS) is 1. The number of aliphatic carboxylic acids is 1. The first-order valence-electron chi connectivity index (χ1n) is 8.72. The predicted molar refractivity (Wildman–Crippen MR) is 95.4 cm³/mol. The minimum Gasteiger partial charge on any atom is -0.481 e. The fraction of sp³-hybridized carbons (Fsp3) is 0.526. The molecule has 6 heteroatoms. The molecule has 2 rings (SSSR count). The number of benzene rings is 1. The van der Waals surface area contributed by atoms with E-state index in [1.165, 1.54) is 0 Å². The van der Waals surface area contributed by atoms with Crippen molar-refractivity contribution in [1.29, 1.82) is 0 Å². The molecule has 0 spiro atoms. The molecular formula is C19H26N2O4. The van der Waals surface area contributed by atoms with Gasteiger partial charge in [0.15, 0.2) is 0 Å². The normalized spacial score (nSPS) is 17.4. The molecule has 1 aliphatic rings. The van der Waals surface area contributed by atoms with Gasteiger partial charge in [0.05, 0.1) is 11.8 Å². The summed E-state index contributed by atoms with van der Waals surface area (Å²) in [5.41, 5.74) is -0.0219. The molecule has 1 saturated carbocycles. The number of hydrogen-bond acceptors (Lipinski definition) is 3. The number of carbonyl (C=O) groups excluding carboxylic acids is 2. The Morgan fingerprint density at radius 2 is 1.88 bits per heavy atom. The van der Waals surface area contributed by atoms with Gasteiger partial charge in [-0.15, -0.1) is 0 Å². The average Bonchev–Trinajstić information content (AvgIpc) is 2.61. The quantitative estimate of drug-likeness (QED) is 0.738. The number of nitrogens with one attached hydrogen (secondary N) is 2. The van der Waals surface area contributed by atoms with E-state index in [2.05, 4.69) is 10.6 Å². The first-order valence-corrected chi connectivity index (χ1v) is 8.72. The molecule has 25 heavy (non-hydrogen) atoms. The van der Waals surface area contributed by atoms with E-state index < -0.39 is 11.4 Å². The Morgan fingerprint density at radius 1 is 1.20 bits per heavy atom. The number of carbonyl (C=O) groups is 3. The summed E-state index contributed by atoms with van der Waals surface area (Å²) in [6.07, 6.45) is 4.73. The van der Waals surface area contributed by atoms with Gasteiger partial charge in [-0.25, -0.2) is 0 Å². The summed E-state index contributed by atoms with van der Waals surface area (Å²) in [7, 11) is 1.54. The van der Waals surface area contributed by atoms with Crippen LogP contribution in [0.3, 0.4) is 0 Å². The summed E-state index contributed by atoms with van der Waals surface area (Å²) in [5, 5.41) is 14.7. The number of amides is 2. The molecule has 2 amide bonds. The number of carboxylic acids is 1. The van der Waals surface area contributed by atoms with Crippen molar-refractivity contribution in [2.45, 2.75) is 45.4 Å². The smallest absolute Gasteiger partial charge is 0.304 e. The maximum atomic E-state index is 12.9. The molecule has 0 radical (unpaired) electrons. The molecule has 0 saturated heterocycles. The predicted octanol–water partition coefficient (Wildman–Crippen LogP) is 3.05. The van der Waals surface area contributed by atoms with E-state index >= 15 is 0 Å². The molecule has 1 aromatic carbocycles. The Bertz CT molecular complexity index is 653. The first-order chi connectivity index (χ1) is 11.9. The van der Waals surface area contributed by atoms with Gasteiger partial charge >= 0.3 is 5.97 Å². The van der Waals surface area contributed by atoms with Crippen LogP contribution in [0.4, 0.5) is 5.69 Å². The van der Waals surface area contributed by atoms with Crippen LogP contribution in [0, 0.1) is 11.3 Å². The molecular weight excluding hydrogens is 320 g/mol. The second-order valence-corrected chi connectivity index (χ2v) is 6.94. The molecule has 0 aliphatic heterocycles. The van der Waals surface area contributed by atoms with Crippen molar-refractivity contribution in [1.82, 2.24) is 5.32 Å². The third kappa shape index (κ3) is 4.59. The van der Waals surface area contributed by atoms with Crippen LogP contribution in [-0.2, 0) is 9.59 Å². The van der Waals surface area contributed by atoms with E-state index in [0.717, 1.165) is 32.1 Å². The lowest BCUT2D eigenvalue weighted by Crippen LogP contribution is -2.42. The number of rotatable bonds is 6. The minimum atomic E-state index is -0.970. The molecule has 6 nitrogen and oxygen atoms in total. The zero-order chi connectivity index (χ0) is 18.4. The first kappa shape index (κ1) is 19.0. The van der Waals surface area contributed by atoms with Gasteiger partial charge in [0.25, 0.3) is 5.91 Å². The van der Waals surface area contributed by atoms with Gasteiger partial charge in [-0.2, -0.15) is 0 Å². The SMILES string of the molecule is CNC(=O)c1cccc(NC(=O)[C@](C)(CC(=O)O)C2CCCCC2)c1. The van der Waals surface area contributed by atoms with Crippen molar-refractivity contribution < 1.29 is 19.5 Å². The van der Waals surface area contributed by atoms with Crippen LogP contribution in [0.2, 0.25) is 0 Å². The summed E-state index contributed by atoms with van der Waals surface area (Å²) >= 11 is 0. The van der Waals surface area contributed by atoms with Crippen LogP contribution >= 0.6 is 0 Å². The molecule has 0 heterocycles. The fourth-order valence-electron chi connectivity index (χ4n) is 3.62. The van der Waals surface area contributed by atoms with Gasteiger partial charge in [-0.3, -0.25) is 14.4 Å². The molecule has 0 aromatic heterocycles. The maximum Gasteiger partial charge on any atom is 0.304 e. The third-order valence-electron chi connectivity index (χ3n) is 5.15. The zero-order valence-corrected chi connectivity index (χ0v) is 14.8. The van der Waals surface area contributed by atoms with Crippen molar-refractivity contribution in [2.24, 2.45) is 11.3 Å². The van der Waals surface area contributed by atoms with E-state index in [-0.39, 0.29) is 24.2 Å². The van der Waals surface area contributed by atoms with Crippen molar-refractivity contribution in [3.05, 3.63) is 29.8 Å². The summed E-state index contributed by atoms with van der Waals surface area (Å²) < 4.78 is 0. The Kier molecular flexibility index (Phi) is 6.17. The van der Waals surface area contributed by atoms with E-state index in [0.29, 0.717) is 11.3 Å². The number of anilines is 1. The van der Waals surface area contributed by atoms with E-state index in [4.69, 9.17) is 0 Å². The summed E-state index contributed by atoms with van der Waals surface area (Å²) in [6, 6.07) is 6.65. The van der Waals surface area contributed by atoms with Gasteiger partial charge in [0.1, 0.15) is 0 Å². The van der Waals surface area contributed by atoms with Gasteiger partial charge < -0.3 is 15.7 Å². The number of hydrogen-bond donors (Lipinski definition) is 3. The highest BCUT2D eigenvalue weighted by Gasteiger charge is 2.43. The van der Waals surface area contributed by atoms with E-state index in [9.17, 15) is 19.5 Å². The molecule has 3 N–H and O–H groups in total. The minimum absolute atomic E-state index is 0.0551. The van der Waals surface area contributed by atoms with Crippen LogP contribution in [0.1, 0.15) is 55.8 Å². The van der Waals surface area contributed by atoms with E-state index in [1.54, 1.807) is 38.2 Å². The van der Waals surface area contributed by atoms with Crippen LogP contribution in [0.25, 0.3) is 0 Å². The van der Waals surface area contributed by atoms with Gasteiger partial charge in [0, 0.05) is 18.3 Å². The molecule has 136 valence electrons. The van der Waals surface area contributed by atoms with Crippen molar-refractivity contribution in [3.8, 4) is 0 Å². The Labute approximate surface area is 148 Å². The Balaban J connectivity index is 2.22. The monoisotopic (exact) mass is 346 g/mol. The Morgan fingerprint density at radius 3 is 2.48 bits per heavy atom. The van der Waals surface area contributed by atoms with Crippen LogP contribution < -0.4 is 10.6 Å². The summed E-state index contributed by atoms with van der Waals surface area (Å²) in [5.74, 6) is -1.45. The largest absolute Gasteiger partial charge is 0.481 e. The average molecular weight is 346 g/mol. The van der Waals surface area contributed by atoms with Crippen LogP contribution in [0.15, 0.2) is 24.3 Å². The van der Waals surface area contributed by atoms with Gasteiger partial charge in [-0.1, -0.05) is 25.3 Å². The maximum absolute atomic E-state index is 12.9. The second kappa shape index (κ2) is 8.14. The highest BCUT2D eigenvalue weighted by Crippen LogP contribution is 2.42. The highest BCUT2D eigenvalue weighted by molar-refractivity contribution is 5.99. The van der Waals surface area contributed by atoms with Gasteiger partial charge in [0.2, 0.25) is 5.91 Å². The van der Waals surface area contributed by atoms with Gasteiger partial charge in [-0.05, 0) is 43.9 Å². The van der Waals surface area contributed by atoms with E-state index in [1.807, 2.05) is 0 Å². The Hall–Kier alpha value is -2.37. The lowest BCUT2D eigenvalue weighted by atomic mass is 9.67. The lowest BCUT2D eigenvalue weighted by Gasteiger charge is -2.37. The topological polar surface area (TPSA) is 95.5 Å². The summed E-state index contributed by atoms with van der Waals surface area (Å²) in [4.78, 5) is 36.0. The highest BCUT2D eigenvalue weighted by atomic mass is 16.4. The van der Waals surface area contributed by atoms with Crippen LogP contribution in [0.5, 0.6) is 0 Å². The molecule has 0 bridgehead atoms. The second-order valence-electron chi connectivity index (χ2n) is 6.94. The van der Waals surface area contributed by atoms with Crippen molar-refractivity contribution >= 4 is 23.5 Å². The molecule has 1 atom stereocenters.